The Bertz CT molecular complexity index is 821. The van der Waals surface area contributed by atoms with E-state index in [-0.39, 0.29) is 16.8 Å². The minimum atomic E-state index is -0.374. The van der Waals surface area contributed by atoms with Crippen molar-refractivity contribution in [2.45, 2.75) is 33.1 Å². The van der Waals surface area contributed by atoms with E-state index in [2.05, 4.69) is 24.5 Å². The van der Waals surface area contributed by atoms with Gasteiger partial charge in [-0.15, -0.1) is 0 Å². The monoisotopic (exact) mass is 372 g/mol. The molecule has 2 rings (SSSR count). The van der Waals surface area contributed by atoms with Crippen molar-refractivity contribution in [3.8, 4) is 11.5 Å². The molecule has 0 spiro atoms. The third-order valence-corrected chi connectivity index (χ3v) is 4.54. The number of thiocarbonyl (C=S) groups is 1. The van der Waals surface area contributed by atoms with Crippen LogP contribution in [0.3, 0.4) is 0 Å². The number of phenolic OH excluding ortho intramolecular Hbond substituents is 1. The molecule has 0 bridgehead atoms. The number of hydrogen-bond acceptors (Lipinski definition) is 4. The molecule has 0 saturated carbocycles. The van der Waals surface area contributed by atoms with Gasteiger partial charge in [0, 0.05) is 0 Å². The van der Waals surface area contributed by atoms with Crippen molar-refractivity contribution < 1.29 is 14.6 Å². The van der Waals surface area contributed by atoms with E-state index >= 15 is 0 Å². The average molecular weight is 372 g/mol. The fourth-order valence-electron chi connectivity index (χ4n) is 2.62. The van der Waals surface area contributed by atoms with Gasteiger partial charge in [0.25, 0.3) is 5.91 Å². The van der Waals surface area contributed by atoms with Crippen LogP contribution in [0.4, 0.5) is 5.69 Å². The van der Waals surface area contributed by atoms with Crippen molar-refractivity contribution in [1.82, 2.24) is 5.32 Å². The van der Waals surface area contributed by atoms with Gasteiger partial charge in [0.15, 0.2) is 5.11 Å². The molecular weight excluding hydrogens is 348 g/mol. The third kappa shape index (κ3) is 4.52. The second-order valence-electron chi connectivity index (χ2n) is 6.15. The van der Waals surface area contributed by atoms with Gasteiger partial charge >= 0.3 is 0 Å². The number of carbonyl (C=O) groups is 1. The smallest absolute Gasteiger partial charge is 0.261 e. The first-order valence-corrected chi connectivity index (χ1v) is 8.87. The van der Waals surface area contributed by atoms with Gasteiger partial charge in [-0.2, -0.15) is 0 Å². The van der Waals surface area contributed by atoms with Gasteiger partial charge in [0.1, 0.15) is 11.5 Å². The number of para-hydroxylation sites is 1. The number of carbonyl (C=O) groups excluding carboxylic acids is 1. The number of hydrogen-bond donors (Lipinski definition) is 3. The molecule has 0 radical (unpaired) electrons. The van der Waals surface area contributed by atoms with E-state index in [1.54, 1.807) is 18.2 Å². The highest BCUT2D eigenvalue weighted by molar-refractivity contribution is 7.80. The number of anilines is 1. The maximum atomic E-state index is 12.5. The van der Waals surface area contributed by atoms with Gasteiger partial charge < -0.3 is 15.2 Å². The highest BCUT2D eigenvalue weighted by atomic mass is 32.1. The summed E-state index contributed by atoms with van der Waals surface area (Å²) in [5.41, 5.74) is 2.80. The van der Waals surface area contributed by atoms with Crippen molar-refractivity contribution in [1.29, 1.82) is 0 Å². The molecule has 0 aliphatic rings. The summed E-state index contributed by atoms with van der Waals surface area (Å²) in [7, 11) is 1.52. The first-order valence-electron chi connectivity index (χ1n) is 8.46. The Labute approximate surface area is 159 Å². The predicted molar refractivity (Wildman–Crippen MR) is 108 cm³/mol. The Morgan fingerprint density at radius 1 is 1.31 bits per heavy atom. The number of methoxy groups -OCH3 is 1. The van der Waals surface area contributed by atoms with E-state index in [4.69, 9.17) is 17.0 Å². The zero-order valence-electron chi connectivity index (χ0n) is 15.4. The Hall–Kier alpha value is -2.60. The predicted octanol–water partition coefficient (Wildman–Crippen LogP) is 4.35. The molecule has 0 aliphatic heterocycles. The third-order valence-electron chi connectivity index (χ3n) is 4.34. The number of aromatic hydroxyl groups is 1. The molecule has 5 nitrogen and oxygen atoms in total. The summed E-state index contributed by atoms with van der Waals surface area (Å²) in [4.78, 5) is 12.5. The zero-order chi connectivity index (χ0) is 19.3. The molecule has 1 atom stereocenters. The molecule has 2 aromatic carbocycles. The molecule has 0 fully saturated rings. The standard InChI is InChI=1S/C20H24N2O3S/c1-5-12(2)14-9-10-17(23)16(11-14)21-20(26)22-19(24)15-8-6-7-13(3)18(15)25-4/h6-12,23H,5H2,1-4H3,(H2,21,22,24,26)/t12-/m0/s1. The Balaban J connectivity index is 2.14. The van der Waals surface area contributed by atoms with E-state index in [0.717, 1.165) is 17.5 Å². The van der Waals surface area contributed by atoms with E-state index in [0.29, 0.717) is 22.9 Å². The minimum absolute atomic E-state index is 0.0711. The molecule has 26 heavy (non-hydrogen) atoms. The highest BCUT2D eigenvalue weighted by Crippen LogP contribution is 2.29. The lowest BCUT2D eigenvalue weighted by Crippen LogP contribution is -2.34. The molecule has 0 heterocycles. The van der Waals surface area contributed by atoms with Crippen LogP contribution in [-0.4, -0.2) is 23.2 Å². The summed E-state index contributed by atoms with van der Waals surface area (Å²) in [6, 6.07) is 10.7. The van der Waals surface area contributed by atoms with Gasteiger partial charge in [-0.1, -0.05) is 32.0 Å². The van der Waals surface area contributed by atoms with Crippen LogP contribution in [0.25, 0.3) is 0 Å². The number of aryl methyl sites for hydroxylation is 1. The number of phenols is 1. The Morgan fingerprint density at radius 3 is 2.69 bits per heavy atom. The van der Waals surface area contributed by atoms with E-state index in [9.17, 15) is 9.90 Å². The highest BCUT2D eigenvalue weighted by Gasteiger charge is 2.16. The molecule has 0 unspecified atom stereocenters. The lowest BCUT2D eigenvalue weighted by atomic mass is 9.98. The molecule has 6 heteroatoms. The topological polar surface area (TPSA) is 70.6 Å². The first-order chi connectivity index (χ1) is 12.4. The van der Waals surface area contributed by atoms with Crippen LogP contribution in [0.5, 0.6) is 11.5 Å². The van der Waals surface area contributed by atoms with Crippen molar-refractivity contribution in [2.75, 3.05) is 12.4 Å². The fraction of sp³-hybridized carbons (Fsp3) is 0.300. The minimum Gasteiger partial charge on any atom is -0.506 e. The van der Waals surface area contributed by atoms with Gasteiger partial charge in [-0.05, 0) is 60.8 Å². The van der Waals surface area contributed by atoms with Crippen molar-refractivity contribution >= 4 is 28.9 Å². The quantitative estimate of drug-likeness (QED) is 0.538. The maximum absolute atomic E-state index is 12.5. The van der Waals surface area contributed by atoms with Gasteiger partial charge in [-0.3, -0.25) is 10.1 Å². The molecule has 0 saturated heterocycles. The van der Waals surface area contributed by atoms with E-state index in [1.807, 2.05) is 25.1 Å². The normalized spacial score (nSPS) is 11.5. The van der Waals surface area contributed by atoms with Crippen molar-refractivity contribution in [3.05, 3.63) is 53.1 Å². The van der Waals surface area contributed by atoms with Crippen molar-refractivity contribution in [3.63, 3.8) is 0 Å². The molecule has 3 N–H and O–H groups in total. The molecule has 0 aliphatic carbocycles. The largest absolute Gasteiger partial charge is 0.506 e. The summed E-state index contributed by atoms with van der Waals surface area (Å²) in [6.45, 7) is 6.08. The van der Waals surface area contributed by atoms with Gasteiger partial charge in [0.05, 0.1) is 18.4 Å². The maximum Gasteiger partial charge on any atom is 0.261 e. The van der Waals surface area contributed by atoms with Gasteiger partial charge in [0.2, 0.25) is 0 Å². The summed E-state index contributed by atoms with van der Waals surface area (Å²) in [6.07, 6.45) is 0.985. The van der Waals surface area contributed by atoms with Crippen LogP contribution >= 0.6 is 12.2 Å². The van der Waals surface area contributed by atoms with Crippen LogP contribution in [0, 0.1) is 6.92 Å². The van der Waals surface area contributed by atoms with E-state index < -0.39 is 0 Å². The second-order valence-corrected chi connectivity index (χ2v) is 6.56. The number of rotatable bonds is 5. The van der Waals surface area contributed by atoms with Crippen molar-refractivity contribution in [2.24, 2.45) is 0 Å². The fourth-order valence-corrected chi connectivity index (χ4v) is 2.82. The SMILES string of the molecule is CC[C@H](C)c1ccc(O)c(NC(=S)NC(=O)c2cccc(C)c2OC)c1. The average Bonchev–Trinajstić information content (AvgIpc) is 2.62. The Kier molecular flexibility index (Phi) is 6.58. The molecule has 2 aromatic rings. The van der Waals surface area contributed by atoms with Crippen LogP contribution < -0.4 is 15.4 Å². The molecule has 1 amide bonds. The van der Waals surface area contributed by atoms with Crippen LogP contribution in [0.1, 0.15) is 47.7 Å². The first kappa shape index (κ1) is 19.7. The second kappa shape index (κ2) is 8.67. The molecule has 0 aromatic heterocycles. The van der Waals surface area contributed by atoms with Crippen LogP contribution in [0.15, 0.2) is 36.4 Å². The van der Waals surface area contributed by atoms with Gasteiger partial charge in [-0.25, -0.2) is 0 Å². The summed E-state index contributed by atoms with van der Waals surface area (Å²) >= 11 is 5.23. The number of amides is 1. The molecular formula is C20H24N2O3S. The van der Waals surface area contributed by atoms with E-state index in [1.165, 1.54) is 7.11 Å². The summed E-state index contributed by atoms with van der Waals surface area (Å²) in [5.74, 6) is 0.563. The number of ether oxygens (including phenoxy) is 1. The van der Waals surface area contributed by atoms with Crippen LogP contribution in [0.2, 0.25) is 0 Å². The lowest BCUT2D eigenvalue weighted by molar-refractivity contribution is 0.0974. The number of benzene rings is 2. The zero-order valence-corrected chi connectivity index (χ0v) is 16.2. The summed E-state index contributed by atoms with van der Waals surface area (Å²) in [5, 5.41) is 15.7. The lowest BCUT2D eigenvalue weighted by Gasteiger charge is -2.15. The molecule has 138 valence electrons. The Morgan fingerprint density at radius 2 is 2.04 bits per heavy atom. The van der Waals surface area contributed by atoms with Crippen LogP contribution in [-0.2, 0) is 0 Å². The number of nitrogens with one attached hydrogen (secondary N) is 2. The summed E-state index contributed by atoms with van der Waals surface area (Å²) < 4.78 is 5.31.